The molecule has 5 nitrogen and oxygen atoms in total. The van der Waals surface area contributed by atoms with Crippen molar-refractivity contribution in [2.75, 3.05) is 18.0 Å². The van der Waals surface area contributed by atoms with Crippen molar-refractivity contribution >= 4 is 5.82 Å². The molecular weight excluding hydrogens is 264 g/mol. The van der Waals surface area contributed by atoms with Gasteiger partial charge in [0.05, 0.1) is 0 Å². The number of aromatic nitrogens is 3. The molecule has 1 aliphatic carbocycles. The van der Waals surface area contributed by atoms with Crippen molar-refractivity contribution in [1.29, 1.82) is 0 Å². The first kappa shape index (κ1) is 12.8. The van der Waals surface area contributed by atoms with E-state index >= 15 is 0 Å². The fourth-order valence-corrected chi connectivity index (χ4v) is 3.00. The zero-order valence-corrected chi connectivity index (χ0v) is 12.2. The van der Waals surface area contributed by atoms with Crippen LogP contribution in [0, 0.1) is 0 Å². The Morgan fingerprint density at radius 3 is 2.57 bits per heavy atom. The second kappa shape index (κ2) is 5.47. The molecule has 110 valence electrons. The van der Waals surface area contributed by atoms with Crippen LogP contribution in [0.1, 0.15) is 50.3 Å². The third kappa shape index (κ3) is 2.52. The normalized spacial score (nSPS) is 19.5. The lowest BCUT2D eigenvalue weighted by molar-refractivity contribution is 0.292. The standard InChI is InChI=1S/C16H20N4O/c1-2-9-20(10-3-1)14-8-7-13(11-17-14)15-18-16(21-19-15)12-5-4-6-12/h7-8,11-12H,1-6,9-10H2. The van der Waals surface area contributed by atoms with Gasteiger partial charge in [0.15, 0.2) is 0 Å². The molecule has 0 bridgehead atoms. The molecule has 1 saturated heterocycles. The molecule has 2 aromatic heterocycles. The summed E-state index contributed by atoms with van der Waals surface area (Å²) < 4.78 is 5.37. The summed E-state index contributed by atoms with van der Waals surface area (Å²) in [5.41, 5.74) is 0.935. The monoisotopic (exact) mass is 284 g/mol. The average molecular weight is 284 g/mol. The number of anilines is 1. The maximum absolute atomic E-state index is 5.37. The minimum absolute atomic E-state index is 0.479. The summed E-state index contributed by atoms with van der Waals surface area (Å²) in [5, 5.41) is 4.09. The van der Waals surface area contributed by atoms with E-state index in [1.165, 1.54) is 38.5 Å². The van der Waals surface area contributed by atoms with Crippen molar-refractivity contribution < 1.29 is 4.52 Å². The van der Waals surface area contributed by atoms with Crippen molar-refractivity contribution in [3.05, 3.63) is 24.2 Å². The third-order valence-electron chi connectivity index (χ3n) is 4.58. The Labute approximate surface area is 124 Å². The van der Waals surface area contributed by atoms with Crippen LogP contribution in [0.15, 0.2) is 22.9 Å². The predicted octanol–water partition coefficient (Wildman–Crippen LogP) is 3.39. The van der Waals surface area contributed by atoms with Gasteiger partial charge in [0.1, 0.15) is 5.82 Å². The van der Waals surface area contributed by atoms with E-state index in [1.807, 2.05) is 12.3 Å². The first-order valence-corrected chi connectivity index (χ1v) is 7.95. The van der Waals surface area contributed by atoms with Crippen molar-refractivity contribution in [2.45, 2.75) is 44.4 Å². The van der Waals surface area contributed by atoms with Crippen molar-refractivity contribution in [3.8, 4) is 11.4 Å². The van der Waals surface area contributed by atoms with Gasteiger partial charge < -0.3 is 9.42 Å². The van der Waals surface area contributed by atoms with E-state index in [0.29, 0.717) is 11.7 Å². The minimum Gasteiger partial charge on any atom is -0.357 e. The van der Waals surface area contributed by atoms with E-state index in [-0.39, 0.29) is 0 Å². The van der Waals surface area contributed by atoms with Gasteiger partial charge in [-0.3, -0.25) is 0 Å². The smallest absolute Gasteiger partial charge is 0.230 e. The quantitative estimate of drug-likeness (QED) is 0.864. The first-order chi connectivity index (χ1) is 10.4. The number of pyridine rings is 1. The van der Waals surface area contributed by atoms with Gasteiger partial charge in [0.25, 0.3) is 0 Å². The van der Waals surface area contributed by atoms with Crippen LogP contribution in [0.4, 0.5) is 5.82 Å². The molecule has 0 radical (unpaired) electrons. The van der Waals surface area contributed by atoms with E-state index in [1.54, 1.807) is 0 Å². The second-order valence-corrected chi connectivity index (χ2v) is 6.04. The number of hydrogen-bond donors (Lipinski definition) is 0. The summed E-state index contributed by atoms with van der Waals surface area (Å²) in [6.07, 6.45) is 9.34. The predicted molar refractivity (Wildman–Crippen MR) is 80.2 cm³/mol. The largest absolute Gasteiger partial charge is 0.357 e. The maximum Gasteiger partial charge on any atom is 0.230 e. The number of nitrogens with zero attached hydrogens (tertiary/aromatic N) is 4. The zero-order valence-electron chi connectivity index (χ0n) is 12.2. The van der Waals surface area contributed by atoms with E-state index in [4.69, 9.17) is 4.52 Å². The summed E-state index contributed by atoms with van der Waals surface area (Å²) in [6, 6.07) is 4.12. The first-order valence-electron chi connectivity index (χ1n) is 7.95. The SMILES string of the molecule is c1cc(N2CCCCC2)ncc1-c1noc(C2CCC2)n1. The molecular formula is C16H20N4O. The molecule has 0 atom stereocenters. The van der Waals surface area contributed by atoms with Crippen molar-refractivity contribution in [2.24, 2.45) is 0 Å². The molecule has 0 unspecified atom stereocenters. The Hall–Kier alpha value is -1.91. The Bertz CT molecular complexity index is 597. The molecule has 2 aromatic rings. The highest BCUT2D eigenvalue weighted by Crippen LogP contribution is 2.36. The summed E-state index contributed by atoms with van der Waals surface area (Å²) in [5.74, 6) is 2.99. The molecule has 1 saturated carbocycles. The molecule has 21 heavy (non-hydrogen) atoms. The van der Waals surface area contributed by atoms with Crippen molar-refractivity contribution in [1.82, 2.24) is 15.1 Å². The molecule has 1 aliphatic heterocycles. The molecule has 0 N–H and O–H groups in total. The topological polar surface area (TPSA) is 55.1 Å². The summed E-state index contributed by atoms with van der Waals surface area (Å²) in [7, 11) is 0. The summed E-state index contributed by atoms with van der Waals surface area (Å²) >= 11 is 0. The fraction of sp³-hybridized carbons (Fsp3) is 0.562. The number of hydrogen-bond acceptors (Lipinski definition) is 5. The Morgan fingerprint density at radius 2 is 1.90 bits per heavy atom. The van der Waals surface area contributed by atoms with Crippen LogP contribution in [-0.2, 0) is 0 Å². The van der Waals surface area contributed by atoms with Gasteiger partial charge >= 0.3 is 0 Å². The number of piperidine rings is 1. The maximum atomic E-state index is 5.37. The molecule has 4 rings (SSSR count). The van der Waals surface area contributed by atoms with Crippen LogP contribution in [0.25, 0.3) is 11.4 Å². The molecule has 0 spiro atoms. The number of rotatable bonds is 3. The van der Waals surface area contributed by atoms with Gasteiger partial charge in [-0.2, -0.15) is 4.98 Å². The van der Waals surface area contributed by atoms with E-state index in [0.717, 1.165) is 30.4 Å². The van der Waals surface area contributed by atoms with Gasteiger partial charge in [0, 0.05) is 30.8 Å². The van der Waals surface area contributed by atoms with Crippen LogP contribution in [-0.4, -0.2) is 28.2 Å². The van der Waals surface area contributed by atoms with Crippen LogP contribution >= 0.6 is 0 Å². The van der Waals surface area contributed by atoms with Gasteiger partial charge in [-0.15, -0.1) is 0 Å². The van der Waals surface area contributed by atoms with Crippen molar-refractivity contribution in [3.63, 3.8) is 0 Å². The van der Waals surface area contributed by atoms with Gasteiger partial charge in [-0.25, -0.2) is 4.98 Å². The summed E-state index contributed by atoms with van der Waals surface area (Å²) in [6.45, 7) is 2.22. The van der Waals surface area contributed by atoms with Crippen LogP contribution in [0.2, 0.25) is 0 Å². The summed E-state index contributed by atoms with van der Waals surface area (Å²) in [4.78, 5) is 11.4. The Kier molecular flexibility index (Phi) is 3.33. The van der Waals surface area contributed by atoms with Gasteiger partial charge in [0.2, 0.25) is 11.7 Å². The van der Waals surface area contributed by atoms with Crippen LogP contribution in [0.3, 0.4) is 0 Å². The van der Waals surface area contributed by atoms with Crippen LogP contribution in [0.5, 0.6) is 0 Å². The molecule has 0 amide bonds. The van der Waals surface area contributed by atoms with E-state index in [2.05, 4.69) is 26.1 Å². The minimum atomic E-state index is 0.479. The molecule has 2 aliphatic rings. The van der Waals surface area contributed by atoms with E-state index < -0.39 is 0 Å². The fourth-order valence-electron chi connectivity index (χ4n) is 3.00. The van der Waals surface area contributed by atoms with Gasteiger partial charge in [-0.05, 0) is 44.2 Å². The lowest BCUT2D eigenvalue weighted by Crippen LogP contribution is -2.29. The molecule has 0 aromatic carbocycles. The van der Waals surface area contributed by atoms with E-state index in [9.17, 15) is 0 Å². The third-order valence-corrected chi connectivity index (χ3v) is 4.58. The lowest BCUT2D eigenvalue weighted by atomic mass is 9.85. The average Bonchev–Trinajstić information content (AvgIpc) is 2.96. The second-order valence-electron chi connectivity index (χ2n) is 6.04. The van der Waals surface area contributed by atoms with Gasteiger partial charge in [-0.1, -0.05) is 11.6 Å². The lowest BCUT2D eigenvalue weighted by Gasteiger charge is -2.27. The highest BCUT2D eigenvalue weighted by atomic mass is 16.5. The highest BCUT2D eigenvalue weighted by Gasteiger charge is 2.25. The van der Waals surface area contributed by atoms with Crippen LogP contribution < -0.4 is 4.90 Å². The Balaban J connectivity index is 1.51. The molecule has 2 fully saturated rings. The molecule has 3 heterocycles. The molecule has 5 heteroatoms. The highest BCUT2D eigenvalue weighted by molar-refractivity contribution is 5.56. The zero-order chi connectivity index (χ0) is 14.1. The Morgan fingerprint density at radius 1 is 1.05 bits per heavy atom.